The number of hydrogen-bond acceptors (Lipinski definition) is 4. The van der Waals surface area contributed by atoms with Crippen LogP contribution in [0.15, 0.2) is 52.9 Å². The maximum Gasteiger partial charge on any atom is 0.241 e. The molecule has 0 saturated carbocycles. The first-order valence-corrected chi connectivity index (χ1v) is 13.1. The average molecular weight is 457 g/mol. The van der Waals surface area contributed by atoms with E-state index in [1.807, 2.05) is 29.6 Å². The van der Waals surface area contributed by atoms with Gasteiger partial charge in [-0.2, -0.15) is 0 Å². The fraction of sp³-hybridized carbons (Fsp3) is 0.400. The van der Waals surface area contributed by atoms with E-state index in [0.29, 0.717) is 10.8 Å². The third-order valence-corrected chi connectivity index (χ3v) is 7.86. The van der Waals surface area contributed by atoms with Crippen LogP contribution in [-0.4, -0.2) is 13.4 Å². The molecule has 0 fully saturated rings. The fourth-order valence-corrected chi connectivity index (χ4v) is 6.12. The van der Waals surface area contributed by atoms with Crippen molar-refractivity contribution in [2.24, 2.45) is 0 Å². The van der Waals surface area contributed by atoms with Gasteiger partial charge in [0.1, 0.15) is 0 Å². The van der Waals surface area contributed by atoms with Crippen molar-refractivity contribution >= 4 is 21.4 Å². The Morgan fingerprint density at radius 2 is 1.58 bits per heavy atom. The highest BCUT2D eigenvalue weighted by Crippen LogP contribution is 2.35. The van der Waals surface area contributed by atoms with E-state index >= 15 is 0 Å². The predicted octanol–water partition coefficient (Wildman–Crippen LogP) is 6.66. The largest absolute Gasteiger partial charge is 0.255 e. The van der Waals surface area contributed by atoms with Crippen LogP contribution in [0.4, 0.5) is 0 Å². The van der Waals surface area contributed by atoms with Crippen molar-refractivity contribution in [3.8, 4) is 10.6 Å². The van der Waals surface area contributed by atoms with Crippen molar-refractivity contribution in [2.75, 3.05) is 0 Å². The number of thiophene rings is 1. The van der Waals surface area contributed by atoms with Crippen molar-refractivity contribution in [3.63, 3.8) is 0 Å². The van der Waals surface area contributed by atoms with Crippen LogP contribution in [0.2, 0.25) is 0 Å². The van der Waals surface area contributed by atoms with Crippen LogP contribution in [-0.2, 0) is 16.6 Å². The number of sulfonamides is 1. The van der Waals surface area contributed by atoms with Crippen molar-refractivity contribution in [2.45, 2.75) is 70.7 Å². The lowest BCUT2D eigenvalue weighted by Gasteiger charge is -2.23. The zero-order valence-corrected chi connectivity index (χ0v) is 20.8. The average Bonchev–Trinajstić information content (AvgIpc) is 3.26. The van der Waals surface area contributed by atoms with Crippen molar-refractivity contribution < 1.29 is 8.42 Å². The van der Waals surface area contributed by atoms with Gasteiger partial charge in [-0.05, 0) is 57.5 Å². The fourth-order valence-electron chi connectivity index (χ4n) is 3.66. The zero-order valence-electron chi connectivity index (χ0n) is 19.1. The molecule has 2 heterocycles. The van der Waals surface area contributed by atoms with Gasteiger partial charge in [-0.3, -0.25) is 4.98 Å². The Hall–Kier alpha value is -2.02. The molecule has 31 heavy (non-hydrogen) atoms. The molecule has 1 aromatic carbocycles. The number of aromatic nitrogens is 1. The zero-order chi connectivity index (χ0) is 22.8. The molecular weight excluding hydrogens is 424 g/mol. The van der Waals surface area contributed by atoms with Crippen LogP contribution in [0.25, 0.3) is 10.6 Å². The molecule has 0 spiro atoms. The minimum absolute atomic E-state index is 0.0999. The molecule has 3 rings (SSSR count). The molecule has 6 heteroatoms. The Labute approximate surface area is 190 Å². The van der Waals surface area contributed by atoms with E-state index in [1.54, 1.807) is 17.5 Å². The lowest BCUT2D eigenvalue weighted by molar-refractivity contribution is 0.575. The second kappa shape index (κ2) is 9.63. The van der Waals surface area contributed by atoms with Gasteiger partial charge >= 0.3 is 0 Å². The maximum atomic E-state index is 13.6. The number of pyridine rings is 1. The molecule has 1 N–H and O–H groups in total. The summed E-state index contributed by atoms with van der Waals surface area (Å²) >= 11 is 1.60. The molecule has 0 bridgehead atoms. The molecule has 0 aliphatic heterocycles. The molecule has 2 aromatic heterocycles. The molecule has 166 valence electrons. The highest BCUT2D eigenvalue weighted by Gasteiger charge is 2.27. The SMILES string of the molecule is CC(C)c1cc(C(C)C)c(S(=O)(=O)NCc2cccnc2-c2cccs2)c(C(C)C)c1. The van der Waals surface area contributed by atoms with Gasteiger partial charge in [0.25, 0.3) is 0 Å². The lowest BCUT2D eigenvalue weighted by Crippen LogP contribution is -2.27. The van der Waals surface area contributed by atoms with Gasteiger partial charge in [-0.15, -0.1) is 11.3 Å². The number of benzene rings is 1. The first-order valence-electron chi connectivity index (χ1n) is 10.8. The van der Waals surface area contributed by atoms with E-state index in [0.717, 1.165) is 27.3 Å². The topological polar surface area (TPSA) is 59.1 Å². The van der Waals surface area contributed by atoms with E-state index < -0.39 is 10.0 Å². The van der Waals surface area contributed by atoms with Crippen LogP contribution in [0.3, 0.4) is 0 Å². The maximum absolute atomic E-state index is 13.6. The van der Waals surface area contributed by atoms with Gasteiger partial charge in [0.15, 0.2) is 0 Å². The Bertz CT molecular complexity index is 1100. The summed E-state index contributed by atoms with van der Waals surface area (Å²) in [5, 5.41) is 2.00. The molecule has 0 unspecified atom stereocenters. The predicted molar refractivity (Wildman–Crippen MR) is 130 cm³/mol. The van der Waals surface area contributed by atoms with Gasteiger partial charge in [0.05, 0.1) is 15.5 Å². The normalized spacial score (nSPS) is 12.3. The standard InChI is InChI=1S/C25H32N2O2S2/c1-16(2)20-13-21(17(3)4)25(22(14-20)18(5)6)31(28,29)27-15-19-9-7-11-26-24(19)23-10-8-12-30-23/h7-14,16-18,27H,15H2,1-6H3. The Morgan fingerprint density at radius 3 is 2.10 bits per heavy atom. The van der Waals surface area contributed by atoms with E-state index in [4.69, 9.17) is 0 Å². The minimum atomic E-state index is -3.71. The highest BCUT2D eigenvalue weighted by atomic mass is 32.2. The van der Waals surface area contributed by atoms with Crippen molar-refractivity contribution in [1.29, 1.82) is 0 Å². The first-order chi connectivity index (χ1) is 14.6. The van der Waals surface area contributed by atoms with Gasteiger partial charge in [0.2, 0.25) is 10.0 Å². The van der Waals surface area contributed by atoms with Crippen molar-refractivity contribution in [3.05, 3.63) is 70.2 Å². The summed E-state index contributed by atoms with van der Waals surface area (Å²) in [4.78, 5) is 5.96. The number of nitrogens with zero attached hydrogens (tertiary/aromatic N) is 1. The molecule has 0 atom stereocenters. The summed E-state index contributed by atoms with van der Waals surface area (Å²) in [6, 6.07) is 11.9. The van der Waals surface area contributed by atoms with Gasteiger partial charge in [0, 0.05) is 12.7 Å². The quantitative estimate of drug-likeness (QED) is 0.412. The number of hydrogen-bond donors (Lipinski definition) is 1. The Kier molecular flexibility index (Phi) is 7.35. The van der Waals surface area contributed by atoms with Gasteiger partial charge < -0.3 is 0 Å². The van der Waals surface area contributed by atoms with Gasteiger partial charge in [-0.25, -0.2) is 13.1 Å². The van der Waals surface area contributed by atoms with E-state index in [1.165, 1.54) is 5.56 Å². The summed E-state index contributed by atoms with van der Waals surface area (Å²) in [6.07, 6.45) is 1.74. The molecule has 0 aliphatic carbocycles. The van der Waals surface area contributed by atoms with Crippen molar-refractivity contribution in [1.82, 2.24) is 9.71 Å². The summed E-state index contributed by atoms with van der Waals surface area (Å²) in [6.45, 7) is 12.7. The highest BCUT2D eigenvalue weighted by molar-refractivity contribution is 7.89. The van der Waals surface area contributed by atoms with E-state index in [-0.39, 0.29) is 18.4 Å². The minimum Gasteiger partial charge on any atom is -0.255 e. The molecule has 0 aliphatic rings. The summed E-state index contributed by atoms with van der Waals surface area (Å²) in [5.74, 6) is 0.536. The summed E-state index contributed by atoms with van der Waals surface area (Å²) in [5.41, 5.74) is 4.63. The molecular formula is C25H32N2O2S2. The van der Waals surface area contributed by atoms with E-state index in [9.17, 15) is 8.42 Å². The first kappa shape index (κ1) is 23.6. The van der Waals surface area contributed by atoms with Crippen LogP contribution in [0.5, 0.6) is 0 Å². The third-order valence-electron chi connectivity index (χ3n) is 5.45. The molecule has 0 amide bonds. The van der Waals surface area contributed by atoms with Crippen LogP contribution in [0, 0.1) is 0 Å². The molecule has 4 nitrogen and oxygen atoms in total. The summed E-state index contributed by atoms with van der Waals surface area (Å²) < 4.78 is 30.1. The van der Waals surface area contributed by atoms with Crippen LogP contribution < -0.4 is 4.72 Å². The van der Waals surface area contributed by atoms with E-state index in [2.05, 4.69) is 63.4 Å². The Balaban J connectivity index is 2.03. The van der Waals surface area contributed by atoms with Gasteiger partial charge in [-0.1, -0.05) is 65.8 Å². The number of nitrogens with one attached hydrogen (secondary N) is 1. The van der Waals surface area contributed by atoms with Crippen LogP contribution in [0.1, 0.15) is 81.5 Å². The second-order valence-corrected chi connectivity index (χ2v) is 11.5. The molecule has 0 saturated heterocycles. The molecule has 0 radical (unpaired) electrons. The van der Waals surface area contributed by atoms with Crippen LogP contribution >= 0.6 is 11.3 Å². The smallest absolute Gasteiger partial charge is 0.241 e. The summed E-state index contributed by atoms with van der Waals surface area (Å²) in [7, 11) is -3.71. The lowest BCUT2D eigenvalue weighted by atomic mass is 9.89. The number of rotatable bonds is 8. The Morgan fingerprint density at radius 1 is 0.935 bits per heavy atom. The molecule has 3 aromatic rings. The third kappa shape index (κ3) is 5.25. The monoisotopic (exact) mass is 456 g/mol. The second-order valence-electron chi connectivity index (χ2n) is 8.81.